The summed E-state index contributed by atoms with van der Waals surface area (Å²) in [6.45, 7) is 13.8. The number of hydrogen-bond acceptors (Lipinski definition) is 3. The van der Waals surface area contributed by atoms with E-state index in [-0.39, 0.29) is 29.8 Å². The van der Waals surface area contributed by atoms with Gasteiger partial charge in [0.1, 0.15) is 17.3 Å². The van der Waals surface area contributed by atoms with Gasteiger partial charge in [0.2, 0.25) is 0 Å². The van der Waals surface area contributed by atoms with E-state index in [1.54, 1.807) is 0 Å². The molecule has 0 aromatic heterocycles. The molecule has 0 aromatic carbocycles. The predicted molar refractivity (Wildman–Crippen MR) is 123 cm³/mol. The first kappa shape index (κ1) is 27.5. The Morgan fingerprint density at radius 2 is 1.83 bits per heavy atom. The Morgan fingerprint density at radius 3 is 2.38 bits per heavy atom. The van der Waals surface area contributed by atoms with Gasteiger partial charge in [0.25, 0.3) is 0 Å². The van der Waals surface area contributed by atoms with Gasteiger partial charge in [0, 0.05) is 18.8 Å². The number of Topliss-reactive ketones (excluding diaryl/α,β-unsaturated/α-hetero) is 3. The van der Waals surface area contributed by atoms with Crippen LogP contribution in [0.15, 0.2) is 23.3 Å². The van der Waals surface area contributed by atoms with Gasteiger partial charge in [-0.15, -0.1) is 0 Å². The average Bonchev–Trinajstić information content (AvgIpc) is 2.65. The molecule has 0 spiro atoms. The number of ketones is 3. The van der Waals surface area contributed by atoms with E-state index >= 15 is 0 Å². The summed E-state index contributed by atoms with van der Waals surface area (Å²) in [4.78, 5) is 36.6. The van der Waals surface area contributed by atoms with Gasteiger partial charge in [0.05, 0.1) is 6.42 Å². The summed E-state index contributed by atoms with van der Waals surface area (Å²) in [6.07, 6.45) is 11.2. The highest BCUT2D eigenvalue weighted by atomic mass is 16.1. The second kappa shape index (κ2) is 15.3. The standard InChI is InChI=1S/C24H38O3.C2H6/c1-6-10-21(23(7-2)24(27)14-19(5)25)15-20-12-9-8-11-17(3)18(4)13-22(26)16-20;1-2/h8,11,20-21,23H,6-7,9-10,12-16H2,1-5H3;1-2H3/b11-8-,18-17-;. The Labute approximate surface area is 179 Å². The van der Waals surface area contributed by atoms with E-state index in [9.17, 15) is 14.4 Å². The molecule has 3 nitrogen and oxygen atoms in total. The molecule has 0 fully saturated rings. The third-order valence-corrected chi connectivity index (χ3v) is 5.90. The molecule has 0 saturated carbocycles. The first-order chi connectivity index (χ1) is 13.8. The van der Waals surface area contributed by atoms with E-state index < -0.39 is 0 Å². The molecule has 3 atom stereocenters. The number of carbonyl (C=O) groups is 3. The minimum atomic E-state index is -0.0567. The van der Waals surface area contributed by atoms with Crippen LogP contribution in [-0.4, -0.2) is 17.3 Å². The van der Waals surface area contributed by atoms with Crippen molar-refractivity contribution in [3.63, 3.8) is 0 Å². The highest BCUT2D eigenvalue weighted by Gasteiger charge is 2.29. The van der Waals surface area contributed by atoms with E-state index in [0.29, 0.717) is 24.5 Å². The van der Waals surface area contributed by atoms with Crippen molar-refractivity contribution in [2.45, 2.75) is 106 Å². The van der Waals surface area contributed by atoms with Crippen LogP contribution in [0.1, 0.15) is 106 Å². The Hall–Kier alpha value is -1.51. The fourth-order valence-corrected chi connectivity index (χ4v) is 4.35. The first-order valence-corrected chi connectivity index (χ1v) is 11.6. The van der Waals surface area contributed by atoms with Crippen LogP contribution >= 0.6 is 0 Å². The van der Waals surface area contributed by atoms with Crippen molar-refractivity contribution in [2.24, 2.45) is 17.8 Å². The lowest BCUT2D eigenvalue weighted by Crippen LogP contribution is -2.27. The number of hydrogen-bond donors (Lipinski definition) is 0. The van der Waals surface area contributed by atoms with E-state index in [2.05, 4.69) is 26.0 Å². The molecule has 0 aromatic rings. The smallest absolute Gasteiger partial charge is 0.143 e. The first-order valence-electron chi connectivity index (χ1n) is 11.6. The van der Waals surface area contributed by atoms with Gasteiger partial charge in [-0.1, -0.05) is 63.8 Å². The summed E-state index contributed by atoms with van der Waals surface area (Å²) >= 11 is 0. The van der Waals surface area contributed by atoms with Gasteiger partial charge >= 0.3 is 0 Å². The molecule has 3 heteroatoms. The van der Waals surface area contributed by atoms with E-state index in [1.807, 2.05) is 27.7 Å². The van der Waals surface area contributed by atoms with Gasteiger partial charge in [-0.05, 0) is 58.3 Å². The summed E-state index contributed by atoms with van der Waals surface area (Å²) in [5.41, 5.74) is 2.36. The van der Waals surface area contributed by atoms with E-state index in [0.717, 1.165) is 44.1 Å². The minimum Gasteiger partial charge on any atom is -0.300 e. The average molecular weight is 405 g/mol. The van der Waals surface area contributed by atoms with Gasteiger partial charge < -0.3 is 0 Å². The summed E-state index contributed by atoms with van der Waals surface area (Å²) < 4.78 is 0. The number of carbonyl (C=O) groups excluding carboxylic acids is 3. The topological polar surface area (TPSA) is 51.2 Å². The molecule has 0 aliphatic heterocycles. The van der Waals surface area contributed by atoms with Gasteiger partial charge in [-0.25, -0.2) is 0 Å². The van der Waals surface area contributed by atoms with Crippen LogP contribution in [0.5, 0.6) is 0 Å². The highest BCUT2D eigenvalue weighted by Crippen LogP contribution is 2.33. The lowest BCUT2D eigenvalue weighted by molar-refractivity contribution is -0.129. The van der Waals surface area contributed by atoms with Crippen LogP contribution in [0.25, 0.3) is 0 Å². The van der Waals surface area contributed by atoms with Crippen molar-refractivity contribution in [3.8, 4) is 0 Å². The zero-order chi connectivity index (χ0) is 22.4. The SMILES string of the molecule is CC.CCCC(CC1CC/C=C\C(C)=C(\C)CC(=O)C1)C(CC)C(=O)CC(C)=O. The number of allylic oxidation sites excluding steroid dienone is 4. The summed E-state index contributed by atoms with van der Waals surface area (Å²) in [6, 6.07) is 0. The molecule has 0 N–H and O–H groups in total. The zero-order valence-corrected chi connectivity index (χ0v) is 20.0. The second-order valence-electron chi connectivity index (χ2n) is 8.37. The summed E-state index contributed by atoms with van der Waals surface area (Å²) in [5, 5.41) is 0. The van der Waals surface area contributed by atoms with Crippen LogP contribution in [0, 0.1) is 17.8 Å². The number of rotatable bonds is 9. The van der Waals surface area contributed by atoms with Crippen molar-refractivity contribution in [3.05, 3.63) is 23.3 Å². The molecule has 0 heterocycles. The van der Waals surface area contributed by atoms with Crippen molar-refractivity contribution in [2.75, 3.05) is 0 Å². The van der Waals surface area contributed by atoms with E-state index in [1.165, 1.54) is 12.5 Å². The maximum absolute atomic E-state index is 12.6. The minimum absolute atomic E-state index is 0.0499. The Bertz CT molecular complexity index is 583. The molecule has 0 bridgehead atoms. The van der Waals surface area contributed by atoms with Crippen molar-refractivity contribution in [1.29, 1.82) is 0 Å². The molecule has 1 aliphatic rings. The molecule has 1 aliphatic carbocycles. The van der Waals surface area contributed by atoms with Crippen LogP contribution in [0.4, 0.5) is 0 Å². The Kier molecular flexibility index (Phi) is 14.5. The third kappa shape index (κ3) is 10.7. The molecule has 166 valence electrons. The lowest BCUT2D eigenvalue weighted by atomic mass is 9.75. The largest absolute Gasteiger partial charge is 0.300 e. The molecule has 1 rings (SSSR count). The van der Waals surface area contributed by atoms with Gasteiger partial charge in [0.15, 0.2) is 0 Å². The van der Waals surface area contributed by atoms with Crippen molar-refractivity contribution < 1.29 is 14.4 Å². The fraction of sp³-hybridized carbons (Fsp3) is 0.731. The lowest BCUT2D eigenvalue weighted by Gasteiger charge is -2.29. The van der Waals surface area contributed by atoms with Crippen molar-refractivity contribution in [1.82, 2.24) is 0 Å². The molecule has 3 unspecified atom stereocenters. The van der Waals surface area contributed by atoms with Crippen LogP contribution in [0.3, 0.4) is 0 Å². The highest BCUT2D eigenvalue weighted by molar-refractivity contribution is 5.99. The maximum Gasteiger partial charge on any atom is 0.143 e. The zero-order valence-electron chi connectivity index (χ0n) is 20.0. The molecule has 0 amide bonds. The van der Waals surface area contributed by atoms with E-state index in [4.69, 9.17) is 0 Å². The molecular formula is C26H44O3. The van der Waals surface area contributed by atoms with Gasteiger partial charge in [-0.3, -0.25) is 14.4 Å². The molecule has 0 radical (unpaired) electrons. The molecule has 0 saturated heterocycles. The normalized spacial score (nSPS) is 23.4. The Morgan fingerprint density at radius 1 is 1.17 bits per heavy atom. The van der Waals surface area contributed by atoms with Gasteiger partial charge in [-0.2, -0.15) is 0 Å². The maximum atomic E-state index is 12.6. The third-order valence-electron chi connectivity index (χ3n) is 5.90. The summed E-state index contributed by atoms with van der Waals surface area (Å²) in [7, 11) is 0. The molecule has 29 heavy (non-hydrogen) atoms. The Balaban J connectivity index is 0.00000379. The van der Waals surface area contributed by atoms with Crippen LogP contribution in [0.2, 0.25) is 0 Å². The predicted octanol–water partition coefficient (Wildman–Crippen LogP) is 7.05. The second-order valence-corrected chi connectivity index (χ2v) is 8.37. The monoisotopic (exact) mass is 404 g/mol. The molecular weight excluding hydrogens is 360 g/mol. The van der Waals surface area contributed by atoms with Crippen LogP contribution in [-0.2, 0) is 14.4 Å². The fourth-order valence-electron chi connectivity index (χ4n) is 4.35. The van der Waals surface area contributed by atoms with Crippen molar-refractivity contribution >= 4 is 17.3 Å². The summed E-state index contributed by atoms with van der Waals surface area (Å²) in [5.74, 6) is 0.887. The van der Waals surface area contributed by atoms with Crippen LogP contribution < -0.4 is 0 Å². The quantitative estimate of drug-likeness (QED) is 0.387.